The first-order valence-corrected chi connectivity index (χ1v) is 7.25. The number of hydrogen-bond donors (Lipinski definition) is 0. The van der Waals surface area contributed by atoms with Gasteiger partial charge in [-0.15, -0.1) is 0 Å². The summed E-state index contributed by atoms with van der Waals surface area (Å²) in [4.78, 5) is 6.69. The molecule has 0 atom stereocenters. The lowest BCUT2D eigenvalue weighted by atomic mass is 10.0. The maximum atomic E-state index is 4.59. The number of benzene rings is 1. The molecule has 0 aliphatic heterocycles. The Morgan fingerprint density at radius 1 is 1.05 bits per heavy atom. The van der Waals surface area contributed by atoms with Crippen molar-refractivity contribution in [3.8, 4) is 0 Å². The second-order valence-corrected chi connectivity index (χ2v) is 5.90. The average molecular weight is 319 g/mol. The zero-order chi connectivity index (χ0) is 14.0. The van der Waals surface area contributed by atoms with Crippen LogP contribution >= 0.6 is 15.9 Å². The van der Waals surface area contributed by atoms with Gasteiger partial charge in [-0.05, 0) is 58.6 Å². The van der Waals surface area contributed by atoms with E-state index in [9.17, 15) is 0 Å². The summed E-state index contributed by atoms with van der Waals surface area (Å²) in [5.74, 6) is 1.52. The first kappa shape index (κ1) is 14.1. The molecule has 0 N–H and O–H groups in total. The predicted octanol–water partition coefficient (Wildman–Crippen LogP) is 5.04. The van der Waals surface area contributed by atoms with Gasteiger partial charge in [0.1, 0.15) is 5.82 Å². The fourth-order valence-corrected chi connectivity index (χ4v) is 2.15. The van der Waals surface area contributed by atoms with Crippen molar-refractivity contribution in [3.63, 3.8) is 0 Å². The zero-order valence-electron chi connectivity index (χ0n) is 11.8. The smallest absolute Gasteiger partial charge is 0.133 e. The molecule has 2 nitrogen and oxygen atoms in total. The van der Waals surface area contributed by atoms with Crippen LogP contribution in [0, 0.1) is 6.92 Å². The van der Waals surface area contributed by atoms with Crippen LogP contribution in [-0.2, 0) is 0 Å². The Hall–Kier alpha value is -1.35. The Labute approximate surface area is 123 Å². The lowest BCUT2D eigenvalue weighted by molar-refractivity contribution is 0.866. The van der Waals surface area contributed by atoms with Crippen molar-refractivity contribution < 1.29 is 0 Å². The summed E-state index contributed by atoms with van der Waals surface area (Å²) < 4.78 is 1.04. The number of rotatable bonds is 3. The summed E-state index contributed by atoms with van der Waals surface area (Å²) in [5.41, 5.74) is 3.51. The second kappa shape index (κ2) is 5.74. The van der Waals surface area contributed by atoms with Crippen molar-refractivity contribution in [2.24, 2.45) is 0 Å². The molecule has 0 spiro atoms. The number of pyridine rings is 1. The van der Waals surface area contributed by atoms with Gasteiger partial charge in [-0.2, -0.15) is 0 Å². The van der Waals surface area contributed by atoms with Crippen LogP contribution in [0.25, 0.3) is 0 Å². The van der Waals surface area contributed by atoms with Gasteiger partial charge in [0.2, 0.25) is 0 Å². The van der Waals surface area contributed by atoms with Crippen molar-refractivity contribution in [2.75, 3.05) is 11.9 Å². The molecule has 1 aromatic carbocycles. The molecule has 0 aliphatic rings. The molecule has 19 heavy (non-hydrogen) atoms. The van der Waals surface area contributed by atoms with E-state index >= 15 is 0 Å². The van der Waals surface area contributed by atoms with Gasteiger partial charge in [0, 0.05) is 17.2 Å². The van der Waals surface area contributed by atoms with E-state index in [0.29, 0.717) is 5.92 Å². The summed E-state index contributed by atoms with van der Waals surface area (Å²) in [7, 11) is 2.04. The summed E-state index contributed by atoms with van der Waals surface area (Å²) in [6.07, 6.45) is 0. The molecule has 0 fully saturated rings. The Bertz CT molecular complexity index is 561. The van der Waals surface area contributed by atoms with Crippen LogP contribution in [0.1, 0.15) is 31.0 Å². The molecule has 0 saturated carbocycles. The molecule has 100 valence electrons. The molecule has 0 saturated heterocycles. The maximum Gasteiger partial charge on any atom is 0.133 e. The van der Waals surface area contributed by atoms with E-state index in [1.165, 1.54) is 5.56 Å². The maximum absolute atomic E-state index is 4.59. The fourth-order valence-electron chi connectivity index (χ4n) is 1.93. The van der Waals surface area contributed by atoms with Gasteiger partial charge in [-0.3, -0.25) is 0 Å². The topological polar surface area (TPSA) is 16.1 Å². The minimum Gasteiger partial charge on any atom is -0.329 e. The van der Waals surface area contributed by atoms with E-state index in [1.807, 2.05) is 26.1 Å². The minimum atomic E-state index is 0.562. The van der Waals surface area contributed by atoms with Gasteiger partial charge >= 0.3 is 0 Å². The van der Waals surface area contributed by atoms with Crippen LogP contribution in [0.5, 0.6) is 0 Å². The molecule has 0 bridgehead atoms. The Morgan fingerprint density at radius 2 is 1.68 bits per heavy atom. The Morgan fingerprint density at radius 3 is 2.21 bits per heavy atom. The largest absolute Gasteiger partial charge is 0.329 e. The molecule has 0 unspecified atom stereocenters. The number of halogens is 1. The normalized spacial score (nSPS) is 10.8. The van der Waals surface area contributed by atoms with Crippen LogP contribution in [-0.4, -0.2) is 12.0 Å². The first-order valence-electron chi connectivity index (χ1n) is 6.46. The first-order chi connectivity index (χ1) is 8.99. The molecule has 0 aliphatic carbocycles. The van der Waals surface area contributed by atoms with E-state index in [1.54, 1.807) is 0 Å². The number of aromatic nitrogens is 1. The molecule has 0 radical (unpaired) electrons. The molecular weight excluding hydrogens is 300 g/mol. The molecule has 0 amide bonds. The average Bonchev–Trinajstić information content (AvgIpc) is 2.41. The number of aryl methyl sites for hydroxylation is 1. The van der Waals surface area contributed by atoms with E-state index in [-0.39, 0.29) is 0 Å². The molecular formula is C16H19BrN2. The van der Waals surface area contributed by atoms with Crippen molar-refractivity contribution in [3.05, 3.63) is 52.1 Å². The van der Waals surface area contributed by atoms with Crippen molar-refractivity contribution in [1.82, 2.24) is 4.98 Å². The summed E-state index contributed by atoms with van der Waals surface area (Å²) in [6.45, 7) is 6.42. The van der Waals surface area contributed by atoms with Crippen molar-refractivity contribution >= 4 is 27.4 Å². The monoisotopic (exact) mass is 318 g/mol. The molecule has 2 aromatic rings. The quantitative estimate of drug-likeness (QED) is 0.787. The van der Waals surface area contributed by atoms with Crippen molar-refractivity contribution in [1.29, 1.82) is 0 Å². The highest BCUT2D eigenvalue weighted by molar-refractivity contribution is 9.10. The third kappa shape index (κ3) is 3.16. The van der Waals surface area contributed by atoms with Gasteiger partial charge in [0.15, 0.2) is 0 Å². The van der Waals surface area contributed by atoms with Crippen molar-refractivity contribution in [2.45, 2.75) is 26.7 Å². The van der Waals surface area contributed by atoms with E-state index in [4.69, 9.17) is 0 Å². The fraction of sp³-hybridized carbons (Fsp3) is 0.312. The highest BCUT2D eigenvalue weighted by Gasteiger charge is 2.07. The molecule has 1 aromatic heterocycles. The van der Waals surface area contributed by atoms with Gasteiger partial charge in [0.25, 0.3) is 0 Å². The summed E-state index contributed by atoms with van der Waals surface area (Å²) >= 11 is 3.48. The van der Waals surface area contributed by atoms with E-state index < -0.39 is 0 Å². The van der Waals surface area contributed by atoms with Crippen LogP contribution in [0.3, 0.4) is 0 Å². The lowest BCUT2D eigenvalue weighted by Crippen LogP contribution is -2.11. The third-order valence-electron chi connectivity index (χ3n) is 3.30. The van der Waals surface area contributed by atoms with Crippen LogP contribution in [0.2, 0.25) is 0 Å². The number of hydrogen-bond acceptors (Lipinski definition) is 2. The van der Waals surface area contributed by atoms with Gasteiger partial charge in [-0.25, -0.2) is 4.98 Å². The Balaban J connectivity index is 2.27. The van der Waals surface area contributed by atoms with Gasteiger partial charge in [-0.1, -0.05) is 26.0 Å². The van der Waals surface area contributed by atoms with Gasteiger partial charge in [0.05, 0.1) is 5.69 Å². The standard InChI is InChI=1S/C16H19BrN2/c1-11(2)13-5-7-14(8-6-13)19(4)16-10-9-15(17)12(3)18-16/h5-11H,1-4H3. The minimum absolute atomic E-state index is 0.562. The summed E-state index contributed by atoms with van der Waals surface area (Å²) in [6, 6.07) is 12.7. The lowest BCUT2D eigenvalue weighted by Gasteiger charge is -2.19. The number of anilines is 2. The van der Waals surface area contributed by atoms with Crippen LogP contribution < -0.4 is 4.90 Å². The SMILES string of the molecule is Cc1nc(N(C)c2ccc(C(C)C)cc2)ccc1Br. The molecule has 3 heteroatoms. The molecule has 1 heterocycles. The van der Waals surface area contributed by atoms with E-state index in [0.717, 1.165) is 21.7 Å². The highest BCUT2D eigenvalue weighted by Crippen LogP contribution is 2.26. The van der Waals surface area contributed by atoms with Crippen LogP contribution in [0.4, 0.5) is 11.5 Å². The van der Waals surface area contributed by atoms with Gasteiger partial charge < -0.3 is 4.90 Å². The Kier molecular flexibility index (Phi) is 4.25. The molecule has 2 rings (SSSR count). The zero-order valence-corrected chi connectivity index (χ0v) is 13.4. The predicted molar refractivity (Wildman–Crippen MR) is 85.3 cm³/mol. The van der Waals surface area contributed by atoms with Crippen LogP contribution in [0.15, 0.2) is 40.9 Å². The van der Waals surface area contributed by atoms with E-state index in [2.05, 4.69) is 63.9 Å². The summed E-state index contributed by atoms with van der Waals surface area (Å²) in [5, 5.41) is 0. The number of nitrogens with zero attached hydrogens (tertiary/aromatic N) is 2. The third-order valence-corrected chi connectivity index (χ3v) is 4.14. The second-order valence-electron chi connectivity index (χ2n) is 5.04. The highest BCUT2D eigenvalue weighted by atomic mass is 79.9.